The highest BCUT2D eigenvalue weighted by Crippen LogP contribution is 2.52. The molecule has 3 nitrogen and oxygen atoms in total. The number of carbonyl (C=O) groups is 1. The molecule has 1 aromatic heterocycles. The molecule has 1 saturated heterocycles. The van der Waals surface area contributed by atoms with Crippen molar-refractivity contribution in [3.05, 3.63) is 35.8 Å². The number of amides is 1. The SMILES string of the molecule is CC1(C)C[C@H]2C[C@](C)(CN2C(=O)c2cc3cc(F)ccc3[nH]2)C1. The van der Waals surface area contributed by atoms with E-state index in [9.17, 15) is 9.18 Å². The largest absolute Gasteiger partial charge is 0.351 e. The molecule has 2 bridgehead atoms. The Kier molecular flexibility index (Phi) is 2.94. The Labute approximate surface area is 135 Å². The third-order valence-corrected chi connectivity index (χ3v) is 5.49. The van der Waals surface area contributed by atoms with E-state index in [2.05, 4.69) is 25.8 Å². The van der Waals surface area contributed by atoms with Crippen LogP contribution in [0.4, 0.5) is 4.39 Å². The second kappa shape index (κ2) is 4.59. The third kappa shape index (κ3) is 2.44. The molecule has 2 heterocycles. The zero-order chi connectivity index (χ0) is 16.4. The molecule has 2 aromatic rings. The number of halogens is 1. The van der Waals surface area contributed by atoms with E-state index in [1.807, 2.05) is 4.90 Å². The van der Waals surface area contributed by atoms with E-state index in [0.717, 1.165) is 36.7 Å². The maximum absolute atomic E-state index is 13.4. The molecule has 0 spiro atoms. The Bertz CT molecular complexity index is 794. The van der Waals surface area contributed by atoms with E-state index in [1.165, 1.54) is 12.1 Å². The van der Waals surface area contributed by atoms with Gasteiger partial charge in [-0.1, -0.05) is 20.8 Å². The van der Waals surface area contributed by atoms with Crippen molar-refractivity contribution in [3.8, 4) is 0 Å². The van der Waals surface area contributed by atoms with E-state index in [1.54, 1.807) is 12.1 Å². The Hall–Kier alpha value is -1.84. The molecule has 1 amide bonds. The summed E-state index contributed by atoms with van der Waals surface area (Å²) in [7, 11) is 0. The van der Waals surface area contributed by atoms with E-state index in [-0.39, 0.29) is 22.6 Å². The highest BCUT2D eigenvalue weighted by molar-refractivity contribution is 5.98. The number of H-pyrrole nitrogens is 1. The lowest BCUT2D eigenvalue weighted by molar-refractivity contribution is 0.0703. The molecule has 122 valence electrons. The van der Waals surface area contributed by atoms with Crippen LogP contribution < -0.4 is 0 Å². The summed E-state index contributed by atoms with van der Waals surface area (Å²) in [6.45, 7) is 7.73. The van der Waals surface area contributed by atoms with Gasteiger partial charge < -0.3 is 9.88 Å². The molecule has 1 saturated carbocycles. The Morgan fingerprint density at radius 3 is 2.83 bits per heavy atom. The molecular weight excluding hydrogens is 291 g/mol. The third-order valence-electron chi connectivity index (χ3n) is 5.49. The first kappa shape index (κ1) is 14.7. The molecular formula is C19H23FN2O. The number of nitrogens with one attached hydrogen (secondary N) is 1. The molecule has 1 N–H and O–H groups in total. The summed E-state index contributed by atoms with van der Waals surface area (Å²) in [6.07, 6.45) is 3.32. The highest BCUT2D eigenvalue weighted by Gasteiger charge is 2.51. The van der Waals surface area contributed by atoms with E-state index < -0.39 is 0 Å². The standard InChI is InChI=1S/C19H23FN2O/c1-18(2)8-14-9-19(3,10-18)11-22(14)17(23)16-7-12-6-13(20)4-5-15(12)21-16/h4-7,14,21H,8-11H2,1-3H3/t14-,19-/m0/s1. The summed E-state index contributed by atoms with van der Waals surface area (Å²) < 4.78 is 13.4. The minimum atomic E-state index is -0.276. The fourth-order valence-electron chi connectivity index (χ4n) is 5.07. The van der Waals surface area contributed by atoms with Crippen molar-refractivity contribution in [2.24, 2.45) is 10.8 Å². The van der Waals surface area contributed by atoms with Gasteiger partial charge in [-0.2, -0.15) is 0 Å². The number of rotatable bonds is 1. The fraction of sp³-hybridized carbons (Fsp3) is 0.526. The van der Waals surface area contributed by atoms with Crippen molar-refractivity contribution in [2.45, 2.75) is 46.1 Å². The number of aromatic amines is 1. The molecule has 4 rings (SSSR count). The molecule has 23 heavy (non-hydrogen) atoms. The summed E-state index contributed by atoms with van der Waals surface area (Å²) in [6, 6.07) is 6.67. The summed E-state index contributed by atoms with van der Waals surface area (Å²) in [4.78, 5) is 18.2. The first-order valence-electron chi connectivity index (χ1n) is 8.34. The van der Waals surface area contributed by atoms with E-state index in [0.29, 0.717) is 11.7 Å². The van der Waals surface area contributed by atoms with Crippen LogP contribution in [-0.4, -0.2) is 28.4 Å². The molecule has 2 aliphatic rings. The second-order valence-corrected chi connectivity index (χ2v) is 8.56. The molecule has 2 fully saturated rings. The van der Waals surface area contributed by atoms with Crippen molar-refractivity contribution < 1.29 is 9.18 Å². The van der Waals surface area contributed by atoms with E-state index >= 15 is 0 Å². The Balaban J connectivity index is 1.66. The highest BCUT2D eigenvalue weighted by atomic mass is 19.1. The quantitative estimate of drug-likeness (QED) is 0.834. The van der Waals surface area contributed by atoms with Gasteiger partial charge in [-0.3, -0.25) is 4.79 Å². The summed E-state index contributed by atoms with van der Waals surface area (Å²) in [5.74, 6) is -0.227. The van der Waals surface area contributed by atoms with Gasteiger partial charge in [0.05, 0.1) is 0 Å². The van der Waals surface area contributed by atoms with Gasteiger partial charge in [0.2, 0.25) is 0 Å². The lowest BCUT2D eigenvalue weighted by Gasteiger charge is -2.39. The van der Waals surface area contributed by atoms with Gasteiger partial charge in [0, 0.05) is 23.5 Å². The van der Waals surface area contributed by atoms with Crippen molar-refractivity contribution in [3.63, 3.8) is 0 Å². The molecule has 1 aromatic carbocycles. The average Bonchev–Trinajstić information content (AvgIpc) is 2.94. The number of carbonyl (C=O) groups excluding carboxylic acids is 1. The predicted octanol–water partition coefficient (Wildman–Crippen LogP) is 4.35. The number of nitrogens with zero attached hydrogens (tertiary/aromatic N) is 1. The maximum Gasteiger partial charge on any atom is 0.270 e. The van der Waals surface area contributed by atoms with E-state index in [4.69, 9.17) is 0 Å². The summed E-state index contributed by atoms with van der Waals surface area (Å²) >= 11 is 0. The van der Waals surface area contributed by atoms with Gasteiger partial charge in [0.1, 0.15) is 11.5 Å². The van der Waals surface area contributed by atoms with Crippen molar-refractivity contribution in [2.75, 3.05) is 6.54 Å². The van der Waals surface area contributed by atoms with Crippen LogP contribution in [-0.2, 0) is 0 Å². The van der Waals surface area contributed by atoms with Gasteiger partial charge >= 0.3 is 0 Å². The van der Waals surface area contributed by atoms with Gasteiger partial charge in [-0.25, -0.2) is 4.39 Å². The van der Waals surface area contributed by atoms with Gasteiger partial charge in [-0.15, -0.1) is 0 Å². The molecule has 1 aliphatic carbocycles. The minimum Gasteiger partial charge on any atom is -0.351 e. The van der Waals surface area contributed by atoms with Gasteiger partial charge in [-0.05, 0) is 54.4 Å². The first-order valence-corrected chi connectivity index (χ1v) is 8.34. The van der Waals surface area contributed by atoms with Crippen LogP contribution in [0.25, 0.3) is 10.9 Å². The number of hydrogen-bond acceptors (Lipinski definition) is 1. The average molecular weight is 314 g/mol. The first-order chi connectivity index (χ1) is 10.7. The van der Waals surface area contributed by atoms with Crippen LogP contribution in [0.5, 0.6) is 0 Å². The van der Waals surface area contributed by atoms with Crippen LogP contribution in [0.2, 0.25) is 0 Å². The Morgan fingerprint density at radius 2 is 2.04 bits per heavy atom. The number of hydrogen-bond donors (Lipinski definition) is 1. The van der Waals surface area contributed by atoms with Crippen LogP contribution >= 0.6 is 0 Å². The van der Waals surface area contributed by atoms with Gasteiger partial charge in [0.15, 0.2) is 0 Å². The number of likely N-dealkylation sites (tertiary alicyclic amines) is 1. The maximum atomic E-state index is 13.4. The summed E-state index contributed by atoms with van der Waals surface area (Å²) in [5, 5.41) is 0.752. The predicted molar refractivity (Wildman–Crippen MR) is 88.8 cm³/mol. The second-order valence-electron chi connectivity index (χ2n) is 8.56. The monoisotopic (exact) mass is 314 g/mol. The van der Waals surface area contributed by atoms with Crippen LogP contribution in [0.1, 0.15) is 50.5 Å². The molecule has 2 atom stereocenters. The number of benzene rings is 1. The van der Waals surface area contributed by atoms with Gasteiger partial charge in [0.25, 0.3) is 5.91 Å². The van der Waals surface area contributed by atoms with Crippen LogP contribution in [0.3, 0.4) is 0 Å². The fourth-order valence-corrected chi connectivity index (χ4v) is 5.07. The lowest BCUT2D eigenvalue weighted by atomic mass is 9.65. The lowest BCUT2D eigenvalue weighted by Crippen LogP contribution is -2.37. The zero-order valence-electron chi connectivity index (χ0n) is 13.9. The molecule has 0 unspecified atom stereocenters. The molecule has 1 aliphatic heterocycles. The van der Waals surface area contributed by atoms with Crippen LogP contribution in [0, 0.1) is 16.6 Å². The smallest absolute Gasteiger partial charge is 0.270 e. The van der Waals surface area contributed by atoms with Crippen molar-refractivity contribution in [1.82, 2.24) is 9.88 Å². The number of aromatic nitrogens is 1. The van der Waals surface area contributed by atoms with Crippen molar-refractivity contribution >= 4 is 16.8 Å². The summed E-state index contributed by atoms with van der Waals surface area (Å²) in [5.41, 5.74) is 1.89. The topological polar surface area (TPSA) is 36.1 Å². The molecule has 0 radical (unpaired) electrons. The van der Waals surface area contributed by atoms with Crippen molar-refractivity contribution in [1.29, 1.82) is 0 Å². The normalized spacial score (nSPS) is 29.2. The number of fused-ring (bicyclic) bond motifs is 3. The minimum absolute atomic E-state index is 0.0491. The zero-order valence-corrected chi connectivity index (χ0v) is 13.9. The Morgan fingerprint density at radius 1 is 1.26 bits per heavy atom. The van der Waals surface area contributed by atoms with Crippen LogP contribution in [0.15, 0.2) is 24.3 Å². The molecule has 4 heteroatoms.